The number of H-pyrrole nitrogens is 1. The third-order valence-electron chi connectivity index (χ3n) is 11.9. The highest BCUT2D eigenvalue weighted by molar-refractivity contribution is 7.90. The van der Waals surface area contributed by atoms with Crippen molar-refractivity contribution in [3.05, 3.63) is 117 Å². The van der Waals surface area contributed by atoms with Crippen molar-refractivity contribution in [2.24, 2.45) is 5.41 Å². The lowest BCUT2D eigenvalue weighted by Gasteiger charge is -2.39. The molecule has 0 unspecified atom stereocenters. The van der Waals surface area contributed by atoms with Gasteiger partial charge in [-0.15, -0.1) is 0 Å². The van der Waals surface area contributed by atoms with Crippen molar-refractivity contribution >= 4 is 55.5 Å². The van der Waals surface area contributed by atoms with Crippen LogP contribution in [0.5, 0.6) is 17.2 Å². The number of nitro benzene ring substituents is 1. The average Bonchev–Trinajstić information content (AvgIpc) is 3.74. The number of carbonyl (C=O) groups excluding carboxylic acids is 1. The lowest BCUT2D eigenvalue weighted by Crippen LogP contribution is -2.47. The van der Waals surface area contributed by atoms with Crippen LogP contribution in [0.2, 0.25) is 5.02 Å². The molecular weight excluding hydrogens is 839 g/mol. The molecule has 1 aliphatic carbocycles. The molecule has 17 heteroatoms. The molecule has 0 saturated carbocycles. The number of nitro groups is 1. The second-order valence-corrected chi connectivity index (χ2v) is 19.0. The van der Waals surface area contributed by atoms with E-state index in [4.69, 9.17) is 25.8 Å². The molecule has 5 aromatic rings. The molecule has 2 fully saturated rings. The van der Waals surface area contributed by atoms with Gasteiger partial charge in [0.25, 0.3) is 15.9 Å². The Morgan fingerprint density at radius 3 is 2.48 bits per heavy atom. The van der Waals surface area contributed by atoms with Gasteiger partial charge in [0.1, 0.15) is 23.5 Å². The maximum Gasteiger partial charge on any atom is 0.312 e. The van der Waals surface area contributed by atoms with Crippen molar-refractivity contribution in [2.75, 3.05) is 57.4 Å². The molecule has 2 N–H and O–H groups in total. The molecule has 2 aliphatic heterocycles. The maximum atomic E-state index is 15.2. The van der Waals surface area contributed by atoms with Crippen LogP contribution in [0.15, 0.2) is 95.7 Å². The number of alkyl halides is 1. The van der Waals surface area contributed by atoms with E-state index in [1.807, 2.05) is 18.2 Å². The Bertz CT molecular complexity index is 2620. The second kappa shape index (κ2) is 17.7. The normalized spacial score (nSPS) is 18.1. The first-order valence-corrected chi connectivity index (χ1v) is 22.4. The SMILES string of the molecule is CC1(C)CCC(CN2CCN(c3ccc(C(=O)NS(=O)(=O)c4ccc(OCC5(F)CCOCC5)c([N+](=O)[O-])c4)c(Oc4cccc5[nH]cnc45)c3)CC2)=C(c2ccc(Cl)cc2)C1. The van der Waals surface area contributed by atoms with Crippen molar-refractivity contribution in [1.82, 2.24) is 19.6 Å². The van der Waals surface area contributed by atoms with Crippen molar-refractivity contribution in [3.8, 4) is 17.2 Å². The summed E-state index contributed by atoms with van der Waals surface area (Å²) >= 11 is 6.23. The predicted molar refractivity (Wildman–Crippen MR) is 234 cm³/mol. The number of aromatic nitrogens is 2. The van der Waals surface area contributed by atoms with E-state index in [0.29, 0.717) is 29.9 Å². The number of ether oxygens (including phenoxy) is 3. The summed E-state index contributed by atoms with van der Waals surface area (Å²) in [5.74, 6) is -0.905. The number of benzene rings is 4. The number of allylic oxidation sites excluding steroid dienone is 1. The standard InChI is InChI=1S/C45H48ClFN6O8S/c1-44(2)15-14-31(36(26-44)30-6-8-32(46)9-7-30)27-51-18-20-52(21-19-51)33-10-12-35(41(24-33)61-40-5-3-4-37-42(40)49-29-48-37)43(54)50-62(57,58)34-11-13-39(38(25-34)53(55)56)60-28-45(47)16-22-59-23-17-45/h3-13,24-25,29H,14-23,26-28H2,1-2H3,(H,48,49)(H,50,54). The van der Waals surface area contributed by atoms with Gasteiger partial charge >= 0.3 is 5.69 Å². The lowest BCUT2D eigenvalue weighted by molar-refractivity contribution is -0.386. The number of anilines is 1. The van der Waals surface area contributed by atoms with Crippen LogP contribution in [-0.4, -0.2) is 92.3 Å². The fourth-order valence-corrected chi connectivity index (χ4v) is 9.38. The van der Waals surface area contributed by atoms with Gasteiger partial charge in [0, 0.05) is 81.6 Å². The molecular formula is C45H48ClFN6O8S. The van der Waals surface area contributed by atoms with Gasteiger partial charge in [0.15, 0.2) is 11.5 Å². The van der Waals surface area contributed by atoms with Crippen LogP contribution < -0.4 is 19.1 Å². The molecule has 4 aromatic carbocycles. The van der Waals surface area contributed by atoms with Gasteiger partial charge < -0.3 is 24.1 Å². The van der Waals surface area contributed by atoms with Crippen molar-refractivity contribution in [1.29, 1.82) is 0 Å². The number of carbonyl (C=O) groups is 1. The maximum absolute atomic E-state index is 15.2. The van der Waals surface area contributed by atoms with E-state index in [1.54, 1.807) is 24.3 Å². The van der Waals surface area contributed by atoms with Crippen LogP contribution >= 0.6 is 11.6 Å². The second-order valence-electron chi connectivity index (χ2n) is 16.9. The highest BCUT2D eigenvalue weighted by atomic mass is 35.5. The lowest BCUT2D eigenvalue weighted by atomic mass is 9.72. The summed E-state index contributed by atoms with van der Waals surface area (Å²) in [5, 5.41) is 12.7. The monoisotopic (exact) mass is 886 g/mol. The Morgan fingerprint density at radius 2 is 1.74 bits per heavy atom. The van der Waals surface area contributed by atoms with Crippen LogP contribution in [0.25, 0.3) is 16.6 Å². The van der Waals surface area contributed by atoms with E-state index in [9.17, 15) is 23.3 Å². The Labute approximate surface area is 364 Å². The zero-order valence-corrected chi connectivity index (χ0v) is 36.1. The van der Waals surface area contributed by atoms with Crippen molar-refractivity contribution in [2.45, 2.75) is 56.5 Å². The van der Waals surface area contributed by atoms with Crippen LogP contribution in [0.1, 0.15) is 61.9 Å². The smallest absolute Gasteiger partial charge is 0.312 e. The van der Waals surface area contributed by atoms with E-state index in [2.05, 4.69) is 50.5 Å². The topological polar surface area (TPSA) is 169 Å². The number of nitrogens with one attached hydrogen (secondary N) is 2. The fraction of sp³-hybridized carbons (Fsp3) is 0.378. The molecule has 62 heavy (non-hydrogen) atoms. The fourth-order valence-electron chi connectivity index (χ4n) is 8.27. The molecule has 3 heterocycles. The minimum absolute atomic E-state index is 0.0595. The highest BCUT2D eigenvalue weighted by Crippen LogP contribution is 2.44. The Morgan fingerprint density at radius 1 is 0.984 bits per heavy atom. The Kier molecular flexibility index (Phi) is 12.3. The third kappa shape index (κ3) is 9.73. The molecule has 8 rings (SSSR count). The zero-order valence-electron chi connectivity index (χ0n) is 34.5. The molecule has 2 saturated heterocycles. The minimum atomic E-state index is -4.67. The number of amides is 1. The number of para-hydroxylation sites is 1. The van der Waals surface area contributed by atoms with Gasteiger partial charge in [0.2, 0.25) is 0 Å². The number of rotatable bonds is 13. The Balaban J connectivity index is 1.01. The van der Waals surface area contributed by atoms with Crippen LogP contribution in [0, 0.1) is 15.5 Å². The number of hydrogen-bond donors (Lipinski definition) is 2. The molecule has 326 valence electrons. The number of nitrogens with zero attached hydrogens (tertiary/aromatic N) is 4. The molecule has 14 nitrogen and oxygen atoms in total. The number of fused-ring (bicyclic) bond motifs is 1. The third-order valence-corrected chi connectivity index (χ3v) is 13.5. The van der Waals surface area contributed by atoms with Gasteiger partial charge in [-0.1, -0.05) is 49.2 Å². The number of sulfonamides is 1. The quantitative estimate of drug-likeness (QED) is 0.0857. The summed E-state index contributed by atoms with van der Waals surface area (Å²) in [4.78, 5) is 36.7. The molecule has 1 aromatic heterocycles. The van der Waals surface area contributed by atoms with Crippen molar-refractivity contribution in [3.63, 3.8) is 0 Å². The molecule has 0 radical (unpaired) electrons. The number of piperazine rings is 1. The van der Waals surface area contributed by atoms with E-state index in [1.165, 1.54) is 29.1 Å². The summed E-state index contributed by atoms with van der Waals surface area (Å²) < 4.78 is 61.6. The molecule has 0 spiro atoms. The van der Waals surface area contributed by atoms with E-state index in [0.717, 1.165) is 67.8 Å². The van der Waals surface area contributed by atoms with E-state index >= 15 is 4.39 Å². The van der Waals surface area contributed by atoms with Crippen LogP contribution in [0.4, 0.5) is 15.8 Å². The van der Waals surface area contributed by atoms with Gasteiger partial charge in [-0.2, -0.15) is 0 Å². The van der Waals surface area contributed by atoms with Crippen LogP contribution in [0.3, 0.4) is 0 Å². The number of hydrogen-bond acceptors (Lipinski definition) is 11. The molecule has 3 aliphatic rings. The molecule has 1 amide bonds. The van der Waals surface area contributed by atoms with Crippen molar-refractivity contribution < 1.29 is 36.7 Å². The summed E-state index contributed by atoms with van der Waals surface area (Å²) in [5.41, 5.74) is 3.72. The molecule has 0 atom stereocenters. The van der Waals surface area contributed by atoms with E-state index < -0.39 is 43.7 Å². The first-order chi connectivity index (χ1) is 29.7. The zero-order chi connectivity index (χ0) is 43.6. The summed E-state index contributed by atoms with van der Waals surface area (Å²) in [6.45, 7) is 8.40. The van der Waals surface area contributed by atoms with Gasteiger partial charge in [0.05, 0.1) is 27.2 Å². The first kappa shape index (κ1) is 43.1. The first-order valence-electron chi connectivity index (χ1n) is 20.6. The number of imidazole rings is 1. The minimum Gasteiger partial charge on any atom is -0.483 e. The van der Waals surface area contributed by atoms with Gasteiger partial charge in [-0.25, -0.2) is 22.5 Å². The predicted octanol–water partition coefficient (Wildman–Crippen LogP) is 8.72. The Hall–Kier alpha value is -5.55. The average molecular weight is 887 g/mol. The number of halogens is 2. The largest absolute Gasteiger partial charge is 0.483 e. The van der Waals surface area contributed by atoms with Gasteiger partial charge in [-0.05, 0) is 84.3 Å². The van der Waals surface area contributed by atoms with E-state index in [-0.39, 0.29) is 48.5 Å². The highest BCUT2D eigenvalue weighted by Gasteiger charge is 2.35. The number of aromatic amines is 1. The van der Waals surface area contributed by atoms with Crippen LogP contribution in [-0.2, 0) is 14.8 Å². The van der Waals surface area contributed by atoms with Gasteiger partial charge in [-0.3, -0.25) is 19.8 Å². The summed E-state index contributed by atoms with van der Waals surface area (Å²) in [7, 11) is -4.67. The summed E-state index contributed by atoms with van der Waals surface area (Å²) in [6, 6.07) is 21.3. The molecule has 0 bridgehead atoms. The summed E-state index contributed by atoms with van der Waals surface area (Å²) in [6.07, 6.45) is 4.79.